The van der Waals surface area contributed by atoms with Gasteiger partial charge in [-0.05, 0) is 35.7 Å². The molecule has 4 amide bonds. The number of hydrogen-bond acceptors (Lipinski definition) is 3. The largest absolute Gasteiger partial charge is 0.325 e. The fourth-order valence-corrected chi connectivity index (χ4v) is 4.06. The third-order valence-electron chi connectivity index (χ3n) is 5.63. The zero-order chi connectivity index (χ0) is 22.7. The van der Waals surface area contributed by atoms with Gasteiger partial charge in [-0.2, -0.15) is 0 Å². The molecule has 1 heterocycles. The van der Waals surface area contributed by atoms with E-state index in [4.69, 9.17) is 11.6 Å². The summed E-state index contributed by atoms with van der Waals surface area (Å²) in [4.78, 5) is 39.7. The fraction of sp³-hybridized carbons (Fsp3) is 0.160. The van der Waals surface area contributed by atoms with Gasteiger partial charge in [0.05, 0.1) is 0 Å². The third-order valence-corrected chi connectivity index (χ3v) is 5.88. The van der Waals surface area contributed by atoms with Crippen molar-refractivity contribution in [3.8, 4) is 11.1 Å². The summed E-state index contributed by atoms with van der Waals surface area (Å²) in [5.41, 5.74) is 1.81. The topological polar surface area (TPSA) is 78.5 Å². The van der Waals surface area contributed by atoms with E-state index in [0.717, 1.165) is 16.0 Å². The van der Waals surface area contributed by atoms with Crippen molar-refractivity contribution >= 4 is 35.1 Å². The number of carbonyl (C=O) groups excluding carboxylic acids is 3. The molecule has 6 nitrogen and oxygen atoms in total. The quantitative estimate of drug-likeness (QED) is 0.532. The smallest absolute Gasteiger partial charge is 0.324 e. The summed E-state index contributed by atoms with van der Waals surface area (Å²) in [6.07, 6.45) is 0.341. The van der Waals surface area contributed by atoms with Crippen LogP contribution >= 0.6 is 11.6 Å². The minimum absolute atomic E-state index is 0.341. The van der Waals surface area contributed by atoms with Gasteiger partial charge in [0.25, 0.3) is 5.91 Å². The molecule has 32 heavy (non-hydrogen) atoms. The minimum Gasteiger partial charge on any atom is -0.324 e. The van der Waals surface area contributed by atoms with E-state index in [1.807, 2.05) is 55.5 Å². The van der Waals surface area contributed by atoms with Crippen LogP contribution in [0.2, 0.25) is 5.02 Å². The van der Waals surface area contributed by atoms with E-state index in [-0.39, 0.29) is 6.54 Å². The highest BCUT2D eigenvalue weighted by Gasteiger charge is 2.51. The van der Waals surface area contributed by atoms with Crippen LogP contribution in [0.3, 0.4) is 0 Å². The number of amides is 4. The standard InChI is InChI=1S/C25H22ClN3O3/c1-2-25(18-12-14-19(26)15-13-18)23(31)29(24(32)28-25)16-22(30)27-21-11-7-6-10-20(21)17-8-4-3-5-9-17/h3-15H,2,16H2,1H3,(H,27,30)(H,28,32)/t25-/m1/s1. The Hall–Kier alpha value is -3.64. The number of nitrogens with one attached hydrogen (secondary N) is 2. The Morgan fingerprint density at radius 2 is 1.62 bits per heavy atom. The summed E-state index contributed by atoms with van der Waals surface area (Å²) in [7, 11) is 0. The van der Waals surface area contributed by atoms with Gasteiger partial charge in [0.2, 0.25) is 5.91 Å². The summed E-state index contributed by atoms with van der Waals surface area (Å²) in [5, 5.41) is 6.15. The van der Waals surface area contributed by atoms with Crippen molar-refractivity contribution in [2.75, 3.05) is 11.9 Å². The number of para-hydroxylation sites is 1. The number of hydrogen-bond donors (Lipinski definition) is 2. The van der Waals surface area contributed by atoms with Gasteiger partial charge in [0.15, 0.2) is 0 Å². The lowest BCUT2D eigenvalue weighted by molar-refractivity contribution is -0.134. The van der Waals surface area contributed by atoms with Crippen molar-refractivity contribution in [2.24, 2.45) is 0 Å². The number of halogens is 1. The first-order chi connectivity index (χ1) is 15.4. The lowest BCUT2D eigenvalue weighted by atomic mass is 9.87. The SMILES string of the molecule is CC[C@]1(c2ccc(Cl)cc2)NC(=O)N(CC(=O)Nc2ccccc2-c2ccccc2)C1=O. The van der Waals surface area contributed by atoms with E-state index in [1.54, 1.807) is 30.3 Å². The number of anilines is 1. The Morgan fingerprint density at radius 1 is 0.969 bits per heavy atom. The molecule has 0 aliphatic carbocycles. The molecule has 3 aromatic carbocycles. The molecule has 1 saturated heterocycles. The van der Waals surface area contributed by atoms with Crippen LogP contribution in [0, 0.1) is 0 Å². The summed E-state index contributed by atoms with van der Waals surface area (Å²) in [6, 6.07) is 23.2. The number of benzene rings is 3. The molecule has 0 unspecified atom stereocenters. The highest BCUT2D eigenvalue weighted by Crippen LogP contribution is 2.33. The van der Waals surface area contributed by atoms with Crippen LogP contribution in [0.5, 0.6) is 0 Å². The average molecular weight is 448 g/mol. The highest BCUT2D eigenvalue weighted by atomic mass is 35.5. The van der Waals surface area contributed by atoms with E-state index in [1.165, 1.54) is 0 Å². The van der Waals surface area contributed by atoms with Crippen LogP contribution in [0.4, 0.5) is 10.5 Å². The Bertz CT molecular complexity index is 1160. The molecule has 7 heteroatoms. The van der Waals surface area contributed by atoms with Gasteiger partial charge in [0.1, 0.15) is 12.1 Å². The molecule has 4 rings (SSSR count). The zero-order valence-corrected chi connectivity index (χ0v) is 18.2. The van der Waals surface area contributed by atoms with Crippen molar-refractivity contribution in [3.63, 3.8) is 0 Å². The van der Waals surface area contributed by atoms with Gasteiger partial charge >= 0.3 is 6.03 Å². The summed E-state index contributed by atoms with van der Waals surface area (Å²) < 4.78 is 0. The molecular weight excluding hydrogens is 426 g/mol. The van der Waals surface area contributed by atoms with E-state index in [9.17, 15) is 14.4 Å². The van der Waals surface area contributed by atoms with Gasteiger partial charge in [-0.15, -0.1) is 0 Å². The Labute approximate surface area is 191 Å². The maximum absolute atomic E-state index is 13.3. The highest BCUT2D eigenvalue weighted by molar-refractivity contribution is 6.30. The number of rotatable bonds is 6. The normalized spacial score (nSPS) is 17.9. The monoisotopic (exact) mass is 447 g/mol. The fourth-order valence-electron chi connectivity index (χ4n) is 3.94. The molecule has 162 valence electrons. The van der Waals surface area contributed by atoms with Crippen molar-refractivity contribution in [1.29, 1.82) is 0 Å². The molecule has 3 aromatic rings. The Kier molecular flexibility index (Phi) is 5.97. The van der Waals surface area contributed by atoms with Crippen molar-refractivity contribution in [3.05, 3.63) is 89.4 Å². The first-order valence-corrected chi connectivity index (χ1v) is 10.7. The lowest BCUT2D eigenvalue weighted by Crippen LogP contribution is -2.44. The molecule has 1 aliphatic heterocycles. The number of nitrogens with zero attached hydrogens (tertiary/aromatic N) is 1. The molecule has 1 fully saturated rings. The molecule has 2 N–H and O–H groups in total. The van der Waals surface area contributed by atoms with E-state index in [2.05, 4.69) is 10.6 Å². The van der Waals surface area contributed by atoms with Gasteiger partial charge in [-0.3, -0.25) is 14.5 Å². The molecule has 0 saturated carbocycles. The van der Waals surface area contributed by atoms with Crippen molar-refractivity contribution in [2.45, 2.75) is 18.9 Å². The van der Waals surface area contributed by atoms with Crippen LogP contribution in [0.25, 0.3) is 11.1 Å². The first-order valence-electron chi connectivity index (χ1n) is 10.3. The Balaban J connectivity index is 1.54. The summed E-state index contributed by atoms with van der Waals surface area (Å²) >= 11 is 5.97. The maximum atomic E-state index is 13.3. The van der Waals surface area contributed by atoms with Gasteiger partial charge < -0.3 is 10.6 Å². The molecular formula is C25H22ClN3O3. The van der Waals surface area contributed by atoms with Crippen LogP contribution in [0.1, 0.15) is 18.9 Å². The molecule has 0 spiro atoms. The molecule has 0 radical (unpaired) electrons. The second-order valence-corrected chi connectivity index (χ2v) is 7.98. The second-order valence-electron chi connectivity index (χ2n) is 7.55. The number of imide groups is 1. The number of carbonyl (C=O) groups is 3. The third kappa shape index (κ3) is 3.97. The van der Waals surface area contributed by atoms with E-state index >= 15 is 0 Å². The second kappa shape index (κ2) is 8.85. The lowest BCUT2D eigenvalue weighted by Gasteiger charge is -2.25. The van der Waals surface area contributed by atoms with Crippen LogP contribution < -0.4 is 10.6 Å². The number of urea groups is 1. The van der Waals surface area contributed by atoms with Gasteiger partial charge in [-0.1, -0.05) is 79.2 Å². The van der Waals surface area contributed by atoms with Crippen molar-refractivity contribution < 1.29 is 14.4 Å². The molecule has 1 atom stereocenters. The summed E-state index contributed by atoms with van der Waals surface area (Å²) in [6.45, 7) is 1.43. The first kappa shape index (κ1) is 21.6. The van der Waals surface area contributed by atoms with E-state index < -0.39 is 23.4 Å². The molecule has 0 bridgehead atoms. The van der Waals surface area contributed by atoms with E-state index in [0.29, 0.717) is 22.7 Å². The molecule has 0 aromatic heterocycles. The zero-order valence-electron chi connectivity index (χ0n) is 17.5. The van der Waals surface area contributed by atoms with Crippen LogP contribution in [0.15, 0.2) is 78.9 Å². The van der Waals surface area contributed by atoms with Crippen LogP contribution in [-0.4, -0.2) is 29.3 Å². The predicted octanol–water partition coefficient (Wildman–Crippen LogP) is 4.80. The summed E-state index contributed by atoms with van der Waals surface area (Å²) in [5.74, 6) is -0.918. The van der Waals surface area contributed by atoms with Gasteiger partial charge in [0, 0.05) is 16.3 Å². The molecule has 1 aliphatic rings. The van der Waals surface area contributed by atoms with Crippen LogP contribution in [-0.2, 0) is 15.1 Å². The predicted molar refractivity (Wildman–Crippen MR) is 124 cm³/mol. The minimum atomic E-state index is -1.22. The average Bonchev–Trinajstić information content (AvgIpc) is 3.05. The Morgan fingerprint density at radius 3 is 2.31 bits per heavy atom. The maximum Gasteiger partial charge on any atom is 0.325 e. The van der Waals surface area contributed by atoms with Gasteiger partial charge in [-0.25, -0.2) is 4.79 Å². The van der Waals surface area contributed by atoms with Crippen molar-refractivity contribution in [1.82, 2.24) is 10.2 Å².